The number of rotatable bonds is 8. The molecule has 0 saturated heterocycles. The van der Waals surface area contributed by atoms with Gasteiger partial charge in [-0.15, -0.1) is 11.6 Å². The van der Waals surface area contributed by atoms with Crippen LogP contribution in [0.25, 0.3) is 0 Å². The number of amides is 1. The predicted molar refractivity (Wildman–Crippen MR) is 95.6 cm³/mol. The third kappa shape index (κ3) is 5.14. The second-order valence-electron chi connectivity index (χ2n) is 5.84. The van der Waals surface area contributed by atoms with Gasteiger partial charge in [0.05, 0.1) is 6.54 Å². The first-order chi connectivity index (χ1) is 11.1. The van der Waals surface area contributed by atoms with E-state index in [1.54, 1.807) is 6.92 Å². The van der Waals surface area contributed by atoms with Crippen molar-refractivity contribution in [3.05, 3.63) is 59.9 Å². The fourth-order valence-corrected chi connectivity index (χ4v) is 2.73. The van der Waals surface area contributed by atoms with Crippen molar-refractivity contribution in [2.45, 2.75) is 45.2 Å². The van der Waals surface area contributed by atoms with Crippen LogP contribution in [-0.2, 0) is 17.9 Å². The van der Waals surface area contributed by atoms with Gasteiger partial charge >= 0.3 is 0 Å². The van der Waals surface area contributed by atoms with Gasteiger partial charge in [0, 0.05) is 25.0 Å². The molecule has 2 rings (SSSR count). The normalized spacial score (nSPS) is 12.1. The van der Waals surface area contributed by atoms with Crippen molar-refractivity contribution in [1.82, 2.24) is 9.47 Å². The second kappa shape index (κ2) is 8.78. The third-order valence-electron chi connectivity index (χ3n) is 3.91. The van der Waals surface area contributed by atoms with Crippen molar-refractivity contribution in [1.29, 1.82) is 0 Å². The molecule has 1 amide bonds. The Bertz CT molecular complexity index is 607. The molecule has 0 radical (unpaired) electrons. The van der Waals surface area contributed by atoms with Crippen molar-refractivity contribution in [3.8, 4) is 0 Å². The van der Waals surface area contributed by atoms with E-state index in [4.69, 9.17) is 11.6 Å². The molecule has 0 fully saturated rings. The predicted octanol–water partition coefficient (Wildman–Crippen LogP) is 4.29. The summed E-state index contributed by atoms with van der Waals surface area (Å²) in [5.74, 6) is 0.00702. The maximum absolute atomic E-state index is 12.3. The molecule has 3 nitrogen and oxygen atoms in total. The van der Waals surface area contributed by atoms with Crippen LogP contribution in [0.1, 0.15) is 37.9 Å². The summed E-state index contributed by atoms with van der Waals surface area (Å²) in [6.07, 6.45) is 4.12. The van der Waals surface area contributed by atoms with Gasteiger partial charge in [-0.25, -0.2) is 0 Å². The summed E-state index contributed by atoms with van der Waals surface area (Å²) >= 11 is 6.01. The van der Waals surface area contributed by atoms with E-state index in [0.29, 0.717) is 6.54 Å². The minimum atomic E-state index is -0.482. The standard InChI is InChI=1S/C19H25ClN2O/c1-3-4-12-22(19(23)16(2)20)15-18-11-8-13-21(18)14-17-9-6-5-7-10-17/h5-11,13,16H,3-4,12,14-15H2,1-2H3. The Morgan fingerprint density at radius 3 is 2.61 bits per heavy atom. The van der Waals surface area contributed by atoms with Crippen LogP contribution in [0.5, 0.6) is 0 Å². The lowest BCUT2D eigenvalue weighted by molar-refractivity contribution is -0.131. The first-order valence-electron chi connectivity index (χ1n) is 8.22. The number of aromatic nitrogens is 1. The fourth-order valence-electron chi connectivity index (χ4n) is 2.59. The van der Waals surface area contributed by atoms with Gasteiger partial charge in [0.2, 0.25) is 5.91 Å². The number of carbonyl (C=O) groups excluding carboxylic acids is 1. The second-order valence-corrected chi connectivity index (χ2v) is 6.50. The van der Waals surface area contributed by atoms with E-state index >= 15 is 0 Å². The van der Waals surface area contributed by atoms with E-state index in [2.05, 4.69) is 35.9 Å². The molecule has 0 bridgehead atoms. The molecule has 2 aromatic rings. The highest BCUT2D eigenvalue weighted by atomic mass is 35.5. The van der Waals surface area contributed by atoms with Gasteiger partial charge in [-0.1, -0.05) is 43.7 Å². The Labute approximate surface area is 143 Å². The van der Waals surface area contributed by atoms with Crippen LogP contribution >= 0.6 is 11.6 Å². The minimum Gasteiger partial charge on any atom is -0.345 e. The third-order valence-corrected chi connectivity index (χ3v) is 4.09. The lowest BCUT2D eigenvalue weighted by Crippen LogP contribution is -2.36. The molecule has 0 N–H and O–H groups in total. The van der Waals surface area contributed by atoms with E-state index in [1.165, 1.54) is 5.56 Å². The van der Waals surface area contributed by atoms with Crippen LogP contribution in [0.15, 0.2) is 48.7 Å². The molecule has 1 heterocycles. The molecule has 0 saturated carbocycles. The van der Waals surface area contributed by atoms with E-state index < -0.39 is 5.38 Å². The largest absolute Gasteiger partial charge is 0.345 e. The zero-order chi connectivity index (χ0) is 16.7. The van der Waals surface area contributed by atoms with E-state index in [1.807, 2.05) is 29.2 Å². The number of unbranched alkanes of at least 4 members (excludes halogenated alkanes) is 1. The van der Waals surface area contributed by atoms with Crippen molar-refractivity contribution >= 4 is 17.5 Å². The first-order valence-corrected chi connectivity index (χ1v) is 8.66. The lowest BCUT2D eigenvalue weighted by atomic mass is 10.2. The van der Waals surface area contributed by atoms with E-state index in [-0.39, 0.29) is 5.91 Å². The van der Waals surface area contributed by atoms with Gasteiger partial charge < -0.3 is 9.47 Å². The van der Waals surface area contributed by atoms with Gasteiger partial charge in [0.25, 0.3) is 0 Å². The maximum Gasteiger partial charge on any atom is 0.240 e. The van der Waals surface area contributed by atoms with Gasteiger partial charge in [0.1, 0.15) is 5.38 Å². The molecule has 0 aliphatic heterocycles. The zero-order valence-corrected chi connectivity index (χ0v) is 14.7. The summed E-state index contributed by atoms with van der Waals surface area (Å²) in [4.78, 5) is 14.2. The van der Waals surface area contributed by atoms with Crippen molar-refractivity contribution in [2.24, 2.45) is 0 Å². The van der Waals surface area contributed by atoms with Gasteiger partial charge in [-0.05, 0) is 31.0 Å². The highest BCUT2D eigenvalue weighted by Gasteiger charge is 2.19. The van der Waals surface area contributed by atoms with Crippen LogP contribution in [0.2, 0.25) is 0 Å². The summed E-state index contributed by atoms with van der Waals surface area (Å²) in [5.41, 5.74) is 2.39. The Morgan fingerprint density at radius 1 is 1.22 bits per heavy atom. The van der Waals surface area contributed by atoms with Gasteiger partial charge in [0.15, 0.2) is 0 Å². The number of halogens is 1. The monoisotopic (exact) mass is 332 g/mol. The minimum absolute atomic E-state index is 0.00702. The summed E-state index contributed by atoms with van der Waals surface area (Å²) in [6.45, 7) is 6.05. The highest BCUT2D eigenvalue weighted by Crippen LogP contribution is 2.13. The quantitative estimate of drug-likeness (QED) is 0.662. The Kier molecular flexibility index (Phi) is 6.72. The van der Waals surface area contributed by atoms with Crippen molar-refractivity contribution < 1.29 is 4.79 Å². The van der Waals surface area contributed by atoms with Gasteiger partial charge in [-0.3, -0.25) is 4.79 Å². The summed E-state index contributed by atoms with van der Waals surface area (Å²) in [7, 11) is 0. The smallest absolute Gasteiger partial charge is 0.240 e. The van der Waals surface area contributed by atoms with E-state index in [9.17, 15) is 4.79 Å². The molecule has 23 heavy (non-hydrogen) atoms. The average molecular weight is 333 g/mol. The Balaban J connectivity index is 2.11. The summed E-state index contributed by atoms with van der Waals surface area (Å²) in [6, 6.07) is 14.5. The molecule has 1 aromatic heterocycles. The summed E-state index contributed by atoms with van der Waals surface area (Å²) in [5, 5.41) is -0.482. The molecular formula is C19H25ClN2O. The SMILES string of the molecule is CCCCN(Cc1cccn1Cc1ccccc1)C(=O)C(C)Cl. The Morgan fingerprint density at radius 2 is 1.96 bits per heavy atom. The summed E-state index contributed by atoms with van der Waals surface area (Å²) < 4.78 is 2.19. The maximum atomic E-state index is 12.3. The molecule has 124 valence electrons. The van der Waals surface area contributed by atoms with Crippen LogP contribution < -0.4 is 0 Å². The number of alkyl halides is 1. The highest BCUT2D eigenvalue weighted by molar-refractivity contribution is 6.30. The van der Waals surface area contributed by atoms with Crippen molar-refractivity contribution in [3.63, 3.8) is 0 Å². The fraction of sp³-hybridized carbons (Fsp3) is 0.421. The number of carbonyl (C=O) groups is 1. The molecule has 1 aromatic carbocycles. The van der Waals surface area contributed by atoms with Crippen LogP contribution in [0.3, 0.4) is 0 Å². The molecule has 0 spiro atoms. The average Bonchev–Trinajstić information content (AvgIpc) is 2.98. The molecule has 0 aliphatic carbocycles. The molecule has 0 aliphatic rings. The molecule has 4 heteroatoms. The number of hydrogen-bond acceptors (Lipinski definition) is 1. The first kappa shape index (κ1) is 17.6. The zero-order valence-electron chi connectivity index (χ0n) is 13.9. The van der Waals surface area contributed by atoms with Crippen LogP contribution in [0, 0.1) is 0 Å². The van der Waals surface area contributed by atoms with Crippen LogP contribution in [-0.4, -0.2) is 27.3 Å². The van der Waals surface area contributed by atoms with Gasteiger partial charge in [-0.2, -0.15) is 0 Å². The van der Waals surface area contributed by atoms with Crippen LogP contribution in [0.4, 0.5) is 0 Å². The molecule has 1 atom stereocenters. The number of hydrogen-bond donors (Lipinski definition) is 0. The molecule has 1 unspecified atom stereocenters. The number of nitrogens with zero attached hydrogens (tertiary/aromatic N) is 2. The topological polar surface area (TPSA) is 25.2 Å². The lowest BCUT2D eigenvalue weighted by Gasteiger charge is -2.24. The number of benzene rings is 1. The Hall–Kier alpha value is -1.74. The van der Waals surface area contributed by atoms with E-state index in [0.717, 1.165) is 31.6 Å². The molecular weight excluding hydrogens is 308 g/mol. The van der Waals surface area contributed by atoms with Crippen molar-refractivity contribution in [2.75, 3.05) is 6.54 Å².